The van der Waals surface area contributed by atoms with E-state index in [4.69, 9.17) is 11.3 Å². The fraction of sp³-hybridized carbons (Fsp3) is 0.333. The lowest BCUT2D eigenvalue weighted by Crippen LogP contribution is -2.48. The monoisotopic (exact) mass is 493 g/mol. The van der Waals surface area contributed by atoms with Gasteiger partial charge in [0.2, 0.25) is 11.8 Å². The van der Waals surface area contributed by atoms with Gasteiger partial charge in [-0.05, 0) is 29.5 Å². The Morgan fingerprint density at radius 2 is 1.61 bits per heavy atom. The first-order valence-corrected chi connectivity index (χ1v) is 11.4. The van der Waals surface area contributed by atoms with Gasteiger partial charge in [-0.3, -0.25) is 19.9 Å². The van der Waals surface area contributed by atoms with Crippen molar-refractivity contribution in [2.45, 2.75) is 32.0 Å². The van der Waals surface area contributed by atoms with Gasteiger partial charge < -0.3 is 21.3 Å². The van der Waals surface area contributed by atoms with Gasteiger partial charge in [-0.2, -0.15) is 0 Å². The lowest BCUT2D eigenvalue weighted by atomic mass is 10.1. The number of hydrogen-bond donors (Lipinski definition) is 4. The Hall–Kier alpha value is -4.57. The normalized spacial score (nSPS) is 11.5. The molecule has 0 aliphatic heterocycles. The van der Waals surface area contributed by atoms with Gasteiger partial charge in [0, 0.05) is 31.6 Å². The molecule has 12 heteroatoms. The summed E-state index contributed by atoms with van der Waals surface area (Å²) in [4.78, 5) is 45.6. The molecular formula is C24H31N9O3. The number of guanidine groups is 1. The standard InChI is InChI=1S/C24H31N9O3/c1-27-24(36)31-23(25)28-14-8-13-20(30-21(34)15-29-32-26)22(35)33(16-18-9-4-2-5-10-18)17-19-11-6-3-7-12-19/h2-7,9-12,20H,8,13-17H2,1H3,(H,30,34)(H4,25,27,28,31,36)/t20-/m0/s1. The molecule has 4 amide bonds. The topological polar surface area (TPSA) is 178 Å². The van der Waals surface area contributed by atoms with Crippen molar-refractivity contribution in [3.05, 3.63) is 82.2 Å². The summed E-state index contributed by atoms with van der Waals surface area (Å²) >= 11 is 0. The van der Waals surface area contributed by atoms with Gasteiger partial charge in [-0.25, -0.2) is 4.79 Å². The summed E-state index contributed by atoms with van der Waals surface area (Å²) in [5.74, 6) is -0.897. The van der Waals surface area contributed by atoms with Crippen LogP contribution in [0.25, 0.3) is 10.4 Å². The van der Waals surface area contributed by atoms with E-state index in [-0.39, 0.29) is 24.8 Å². The van der Waals surface area contributed by atoms with Gasteiger partial charge >= 0.3 is 6.03 Å². The van der Waals surface area contributed by atoms with E-state index in [9.17, 15) is 14.4 Å². The third-order valence-corrected chi connectivity index (χ3v) is 5.06. The second-order valence-corrected chi connectivity index (χ2v) is 7.79. The van der Waals surface area contributed by atoms with Crippen LogP contribution in [0.4, 0.5) is 4.79 Å². The van der Waals surface area contributed by atoms with Gasteiger partial charge in [0.05, 0.1) is 0 Å². The summed E-state index contributed by atoms with van der Waals surface area (Å²) in [7, 11) is 1.45. The Labute approximate surface area is 209 Å². The summed E-state index contributed by atoms with van der Waals surface area (Å²) in [6.07, 6.45) is 0.663. The predicted octanol–water partition coefficient (Wildman–Crippen LogP) is 2.03. The third-order valence-electron chi connectivity index (χ3n) is 5.06. The molecule has 2 aromatic rings. The first kappa shape index (κ1) is 27.7. The first-order chi connectivity index (χ1) is 17.4. The molecule has 0 saturated heterocycles. The SMILES string of the molecule is CNC(=O)NC(N)=NCCC[C@H](NC(=O)CN=[N+]=[N-])C(=O)N(Cc1ccccc1)Cc1ccccc1. The molecule has 2 aromatic carbocycles. The van der Waals surface area contributed by atoms with Crippen LogP contribution in [0, 0.1) is 0 Å². The zero-order valence-corrected chi connectivity index (χ0v) is 20.1. The molecule has 0 aliphatic carbocycles. The molecule has 0 aromatic heterocycles. The molecule has 5 N–H and O–H groups in total. The number of urea groups is 1. The Balaban J connectivity index is 2.18. The Morgan fingerprint density at radius 3 is 2.14 bits per heavy atom. The highest BCUT2D eigenvalue weighted by Crippen LogP contribution is 2.14. The molecule has 0 bridgehead atoms. The smallest absolute Gasteiger partial charge is 0.321 e. The van der Waals surface area contributed by atoms with E-state index in [1.54, 1.807) is 4.90 Å². The van der Waals surface area contributed by atoms with E-state index in [1.807, 2.05) is 60.7 Å². The number of nitrogens with one attached hydrogen (secondary N) is 3. The quantitative estimate of drug-likeness (QED) is 0.0883. The van der Waals surface area contributed by atoms with E-state index >= 15 is 0 Å². The highest BCUT2D eigenvalue weighted by atomic mass is 16.2. The van der Waals surface area contributed by atoms with Crippen LogP contribution in [0.2, 0.25) is 0 Å². The van der Waals surface area contributed by atoms with Crippen LogP contribution >= 0.6 is 0 Å². The van der Waals surface area contributed by atoms with Crippen LogP contribution in [0.1, 0.15) is 24.0 Å². The average Bonchev–Trinajstić information content (AvgIpc) is 2.89. The second-order valence-electron chi connectivity index (χ2n) is 7.79. The minimum Gasteiger partial charge on any atom is -0.370 e. The van der Waals surface area contributed by atoms with E-state index in [2.05, 4.69) is 31.0 Å². The van der Waals surface area contributed by atoms with Crippen LogP contribution in [0.3, 0.4) is 0 Å². The molecule has 190 valence electrons. The Kier molecular flexibility index (Phi) is 11.8. The molecule has 0 spiro atoms. The average molecular weight is 494 g/mol. The molecule has 0 radical (unpaired) electrons. The fourth-order valence-corrected chi connectivity index (χ4v) is 3.35. The van der Waals surface area contributed by atoms with Crippen molar-refractivity contribution in [3.8, 4) is 0 Å². The third kappa shape index (κ3) is 10.1. The van der Waals surface area contributed by atoms with Crippen molar-refractivity contribution in [3.63, 3.8) is 0 Å². The maximum Gasteiger partial charge on any atom is 0.321 e. The summed E-state index contributed by atoms with van der Waals surface area (Å²) in [5.41, 5.74) is 16.1. The number of carbonyl (C=O) groups excluding carboxylic acids is 3. The van der Waals surface area contributed by atoms with Gasteiger partial charge in [-0.1, -0.05) is 65.8 Å². The largest absolute Gasteiger partial charge is 0.370 e. The predicted molar refractivity (Wildman–Crippen MR) is 136 cm³/mol. The maximum atomic E-state index is 13.7. The summed E-state index contributed by atoms with van der Waals surface area (Å²) in [6.45, 7) is 0.499. The molecule has 0 heterocycles. The molecule has 12 nitrogen and oxygen atoms in total. The summed E-state index contributed by atoms with van der Waals surface area (Å²) in [6, 6.07) is 17.7. The van der Waals surface area contributed by atoms with E-state index in [0.29, 0.717) is 19.5 Å². The van der Waals surface area contributed by atoms with Gasteiger partial charge in [0.15, 0.2) is 5.96 Å². The second kappa shape index (κ2) is 15.4. The number of benzene rings is 2. The molecule has 0 unspecified atom stereocenters. The van der Waals surface area contributed by atoms with Gasteiger partial charge in [0.25, 0.3) is 0 Å². The molecule has 0 saturated carbocycles. The molecule has 0 fully saturated rings. The zero-order valence-electron chi connectivity index (χ0n) is 20.1. The highest BCUT2D eigenvalue weighted by Gasteiger charge is 2.26. The fourth-order valence-electron chi connectivity index (χ4n) is 3.35. The van der Waals surface area contributed by atoms with E-state index in [0.717, 1.165) is 11.1 Å². The van der Waals surface area contributed by atoms with E-state index < -0.39 is 24.5 Å². The number of hydrogen-bond acceptors (Lipinski definition) is 5. The molecule has 36 heavy (non-hydrogen) atoms. The first-order valence-electron chi connectivity index (χ1n) is 11.4. The van der Waals surface area contributed by atoms with Crippen molar-refractivity contribution >= 4 is 23.8 Å². The highest BCUT2D eigenvalue weighted by molar-refractivity contribution is 5.95. The van der Waals surface area contributed by atoms with Crippen molar-refractivity contribution in [1.82, 2.24) is 20.9 Å². The number of azide groups is 1. The zero-order chi connectivity index (χ0) is 26.2. The number of nitrogens with two attached hydrogens (primary N) is 1. The van der Waals surface area contributed by atoms with Crippen molar-refractivity contribution < 1.29 is 14.4 Å². The molecular weight excluding hydrogens is 462 g/mol. The Morgan fingerprint density at radius 1 is 1.03 bits per heavy atom. The van der Waals surface area contributed by atoms with Crippen LogP contribution < -0.4 is 21.7 Å². The van der Waals surface area contributed by atoms with Crippen molar-refractivity contribution in [2.75, 3.05) is 20.1 Å². The summed E-state index contributed by atoms with van der Waals surface area (Å²) in [5, 5.41) is 10.7. The van der Waals surface area contributed by atoms with Gasteiger partial charge in [0.1, 0.15) is 12.6 Å². The summed E-state index contributed by atoms with van der Waals surface area (Å²) < 4.78 is 0. The van der Waals surface area contributed by atoms with Crippen LogP contribution in [-0.4, -0.2) is 54.9 Å². The number of aliphatic imine (C=N–C) groups is 1. The number of carbonyl (C=O) groups is 3. The minimum atomic E-state index is -0.873. The van der Waals surface area contributed by atoms with Gasteiger partial charge in [-0.15, -0.1) is 0 Å². The van der Waals surface area contributed by atoms with E-state index in [1.165, 1.54) is 7.05 Å². The van der Waals surface area contributed by atoms with Crippen molar-refractivity contribution in [1.29, 1.82) is 0 Å². The maximum absolute atomic E-state index is 13.7. The lowest BCUT2D eigenvalue weighted by molar-refractivity contribution is -0.137. The van der Waals surface area contributed by atoms with Crippen LogP contribution in [0.5, 0.6) is 0 Å². The molecule has 2 rings (SSSR count). The molecule has 0 aliphatic rings. The van der Waals surface area contributed by atoms with Crippen LogP contribution in [0.15, 0.2) is 70.8 Å². The number of rotatable bonds is 12. The minimum absolute atomic E-state index is 0.0561. The lowest BCUT2D eigenvalue weighted by Gasteiger charge is -2.28. The molecule has 1 atom stereocenters. The van der Waals surface area contributed by atoms with Crippen LogP contribution in [-0.2, 0) is 22.7 Å². The number of nitrogens with zero attached hydrogens (tertiary/aromatic N) is 5. The van der Waals surface area contributed by atoms with Crippen molar-refractivity contribution in [2.24, 2.45) is 15.8 Å². The number of amides is 4. The Bertz CT molecular complexity index is 1030.